The zero-order valence-corrected chi connectivity index (χ0v) is 19.4. The topological polar surface area (TPSA) is 84.7 Å². The summed E-state index contributed by atoms with van der Waals surface area (Å²) in [6, 6.07) is 13.5. The quantitative estimate of drug-likeness (QED) is 0.359. The molecule has 2 aromatic carbocycles. The van der Waals surface area contributed by atoms with Crippen LogP contribution in [0, 0.1) is 0 Å². The SMILES string of the molecule is CCn1cc2cc(Nc3ncc(Br)c(Nc4ccccc4P(C)(C)=O)n3)ccc2n1. The van der Waals surface area contributed by atoms with Gasteiger partial charge in [0.2, 0.25) is 5.95 Å². The Morgan fingerprint density at radius 2 is 1.93 bits per heavy atom. The Morgan fingerprint density at radius 3 is 2.70 bits per heavy atom. The second-order valence-electron chi connectivity index (χ2n) is 7.27. The molecule has 0 amide bonds. The molecule has 4 aromatic rings. The van der Waals surface area contributed by atoms with Gasteiger partial charge in [0.05, 0.1) is 15.7 Å². The third-order valence-corrected chi connectivity index (χ3v) is 6.74. The molecule has 30 heavy (non-hydrogen) atoms. The summed E-state index contributed by atoms with van der Waals surface area (Å²) < 4.78 is 15.3. The van der Waals surface area contributed by atoms with Crippen molar-refractivity contribution in [1.29, 1.82) is 0 Å². The smallest absolute Gasteiger partial charge is 0.229 e. The molecule has 0 aliphatic rings. The number of aryl methyl sites for hydroxylation is 1. The molecule has 0 aliphatic heterocycles. The Kier molecular flexibility index (Phi) is 5.62. The molecule has 2 heterocycles. The zero-order valence-electron chi connectivity index (χ0n) is 16.9. The van der Waals surface area contributed by atoms with E-state index in [0.29, 0.717) is 16.2 Å². The number of nitrogens with one attached hydrogen (secondary N) is 2. The van der Waals surface area contributed by atoms with Crippen LogP contribution in [0.3, 0.4) is 0 Å². The van der Waals surface area contributed by atoms with Gasteiger partial charge in [0.1, 0.15) is 13.0 Å². The lowest BCUT2D eigenvalue weighted by Gasteiger charge is -2.16. The van der Waals surface area contributed by atoms with Crippen LogP contribution in [0.15, 0.2) is 59.3 Å². The van der Waals surface area contributed by atoms with Crippen molar-refractivity contribution in [3.63, 3.8) is 0 Å². The van der Waals surface area contributed by atoms with Gasteiger partial charge in [0.25, 0.3) is 0 Å². The molecular weight excluding hydrogens is 463 g/mol. The highest BCUT2D eigenvalue weighted by molar-refractivity contribution is 9.10. The van der Waals surface area contributed by atoms with Crippen LogP contribution in [0.2, 0.25) is 0 Å². The van der Waals surface area contributed by atoms with Gasteiger partial charge in [-0.3, -0.25) is 4.68 Å². The first-order valence-corrected chi connectivity index (χ1v) is 12.9. The monoisotopic (exact) mass is 484 g/mol. The first kappa shape index (κ1) is 20.6. The fourth-order valence-corrected chi connectivity index (χ4v) is 4.58. The van der Waals surface area contributed by atoms with Crippen LogP contribution in [0.5, 0.6) is 0 Å². The lowest BCUT2D eigenvalue weighted by atomic mass is 10.2. The Hall–Kier alpha value is -2.70. The molecule has 0 radical (unpaired) electrons. The summed E-state index contributed by atoms with van der Waals surface area (Å²) in [6.07, 6.45) is 3.70. The van der Waals surface area contributed by atoms with Crippen molar-refractivity contribution in [1.82, 2.24) is 19.7 Å². The van der Waals surface area contributed by atoms with Gasteiger partial charge >= 0.3 is 0 Å². The van der Waals surface area contributed by atoms with Crippen LogP contribution in [-0.2, 0) is 11.1 Å². The van der Waals surface area contributed by atoms with E-state index < -0.39 is 7.14 Å². The summed E-state index contributed by atoms with van der Waals surface area (Å²) in [6.45, 7) is 6.40. The van der Waals surface area contributed by atoms with E-state index in [2.05, 4.69) is 48.6 Å². The van der Waals surface area contributed by atoms with Crippen molar-refractivity contribution in [2.75, 3.05) is 24.0 Å². The maximum Gasteiger partial charge on any atom is 0.229 e. The summed E-state index contributed by atoms with van der Waals surface area (Å²) in [7, 11) is -2.44. The Labute approximate surface area is 183 Å². The summed E-state index contributed by atoms with van der Waals surface area (Å²) in [4.78, 5) is 8.96. The fourth-order valence-electron chi connectivity index (χ4n) is 3.14. The first-order valence-electron chi connectivity index (χ1n) is 9.52. The van der Waals surface area contributed by atoms with Crippen LogP contribution in [0.25, 0.3) is 10.9 Å². The number of anilines is 4. The van der Waals surface area contributed by atoms with Gasteiger partial charge in [-0.1, -0.05) is 12.1 Å². The molecule has 0 aliphatic carbocycles. The molecule has 0 spiro atoms. The van der Waals surface area contributed by atoms with E-state index in [1.165, 1.54) is 0 Å². The number of rotatable bonds is 6. The molecule has 0 unspecified atom stereocenters. The van der Waals surface area contributed by atoms with E-state index >= 15 is 0 Å². The predicted octanol–water partition coefficient (Wildman–Crippen LogP) is 5.34. The lowest BCUT2D eigenvalue weighted by Crippen LogP contribution is -2.11. The highest BCUT2D eigenvalue weighted by Crippen LogP contribution is 2.38. The Morgan fingerprint density at radius 1 is 1.13 bits per heavy atom. The number of para-hydroxylation sites is 1. The van der Waals surface area contributed by atoms with E-state index in [0.717, 1.165) is 34.1 Å². The maximum atomic E-state index is 12.6. The zero-order chi connectivity index (χ0) is 21.3. The summed E-state index contributed by atoms with van der Waals surface area (Å²) in [5.41, 5.74) is 2.59. The maximum absolute atomic E-state index is 12.6. The molecule has 4 rings (SSSR count). The summed E-state index contributed by atoms with van der Waals surface area (Å²) in [5, 5.41) is 12.9. The summed E-state index contributed by atoms with van der Waals surface area (Å²) in [5.74, 6) is 1.05. The first-order chi connectivity index (χ1) is 14.3. The minimum Gasteiger partial charge on any atom is -0.339 e. The molecule has 2 N–H and O–H groups in total. The van der Waals surface area contributed by atoms with Gasteiger partial charge in [-0.05, 0) is 66.5 Å². The number of hydrogen-bond donors (Lipinski definition) is 2. The number of benzene rings is 2. The third kappa shape index (κ3) is 4.40. The van der Waals surface area contributed by atoms with Crippen molar-refractivity contribution in [2.45, 2.75) is 13.5 Å². The molecule has 0 saturated carbocycles. The number of hydrogen-bond acceptors (Lipinski definition) is 6. The van der Waals surface area contributed by atoms with E-state index in [4.69, 9.17) is 0 Å². The largest absolute Gasteiger partial charge is 0.339 e. The van der Waals surface area contributed by atoms with Gasteiger partial charge in [0, 0.05) is 35.3 Å². The number of aromatic nitrogens is 4. The standard InChI is InChI=1S/C21H22BrN6OP/c1-4-28-13-14-11-15(9-10-17(14)27-28)24-21-23-12-16(22)20(26-21)25-18-7-5-6-8-19(18)30(2,3)29/h5-13H,4H2,1-3H3,(H2,23,24,25,26). The fraction of sp³-hybridized carbons (Fsp3) is 0.190. The number of halogens is 1. The van der Waals surface area contributed by atoms with Crippen LogP contribution in [0.4, 0.5) is 23.1 Å². The van der Waals surface area contributed by atoms with Gasteiger partial charge in [-0.2, -0.15) is 10.1 Å². The van der Waals surface area contributed by atoms with Crippen LogP contribution < -0.4 is 15.9 Å². The molecule has 0 fully saturated rings. The minimum atomic E-state index is -2.44. The average Bonchev–Trinajstić information content (AvgIpc) is 3.13. The Balaban J connectivity index is 1.62. The van der Waals surface area contributed by atoms with Crippen LogP contribution in [-0.4, -0.2) is 33.1 Å². The highest BCUT2D eigenvalue weighted by Gasteiger charge is 2.17. The van der Waals surface area contributed by atoms with Crippen molar-refractivity contribution >= 4 is 62.4 Å². The van der Waals surface area contributed by atoms with E-state index in [1.54, 1.807) is 19.5 Å². The molecule has 0 bridgehead atoms. The van der Waals surface area contributed by atoms with Crippen molar-refractivity contribution in [3.05, 3.63) is 59.3 Å². The van der Waals surface area contributed by atoms with E-state index in [1.807, 2.05) is 53.3 Å². The lowest BCUT2D eigenvalue weighted by molar-refractivity contribution is 0.588. The predicted molar refractivity (Wildman–Crippen MR) is 127 cm³/mol. The van der Waals surface area contributed by atoms with Crippen molar-refractivity contribution in [2.24, 2.45) is 0 Å². The number of nitrogens with zero attached hydrogens (tertiary/aromatic N) is 4. The van der Waals surface area contributed by atoms with E-state index in [9.17, 15) is 4.57 Å². The molecule has 7 nitrogen and oxygen atoms in total. The molecule has 0 saturated heterocycles. The normalized spacial score (nSPS) is 11.6. The Bertz CT molecular complexity index is 1270. The van der Waals surface area contributed by atoms with E-state index in [-0.39, 0.29) is 0 Å². The summed E-state index contributed by atoms with van der Waals surface area (Å²) >= 11 is 3.50. The van der Waals surface area contributed by atoms with Crippen molar-refractivity contribution < 1.29 is 4.57 Å². The molecule has 9 heteroatoms. The number of fused-ring (bicyclic) bond motifs is 1. The second kappa shape index (κ2) is 8.20. The van der Waals surface area contributed by atoms with Gasteiger partial charge in [-0.25, -0.2) is 4.98 Å². The van der Waals surface area contributed by atoms with Gasteiger partial charge in [-0.15, -0.1) is 0 Å². The van der Waals surface area contributed by atoms with Crippen LogP contribution in [0.1, 0.15) is 6.92 Å². The average molecular weight is 485 g/mol. The third-order valence-electron chi connectivity index (χ3n) is 4.61. The molecule has 0 atom stereocenters. The highest BCUT2D eigenvalue weighted by atomic mass is 79.9. The van der Waals surface area contributed by atoms with Crippen LogP contribution >= 0.6 is 23.1 Å². The molecule has 2 aromatic heterocycles. The second-order valence-corrected chi connectivity index (χ2v) is 11.3. The minimum absolute atomic E-state index is 0.455. The van der Waals surface area contributed by atoms with Gasteiger partial charge < -0.3 is 15.2 Å². The van der Waals surface area contributed by atoms with Gasteiger partial charge in [0.15, 0.2) is 0 Å². The molecule has 154 valence electrons. The van der Waals surface area contributed by atoms with Crippen molar-refractivity contribution in [3.8, 4) is 0 Å². The molecular formula is C21H22BrN6OP.